The van der Waals surface area contributed by atoms with Gasteiger partial charge in [-0.2, -0.15) is 0 Å². The Bertz CT molecular complexity index is 1010. The van der Waals surface area contributed by atoms with E-state index in [4.69, 9.17) is 10.7 Å². The van der Waals surface area contributed by atoms with Crippen LogP contribution in [0.3, 0.4) is 0 Å². The second-order valence-corrected chi connectivity index (χ2v) is 6.12. The van der Waals surface area contributed by atoms with E-state index in [9.17, 15) is 0 Å². The molecule has 0 fully saturated rings. The highest BCUT2D eigenvalue weighted by atomic mass is 15.1. The van der Waals surface area contributed by atoms with Crippen molar-refractivity contribution in [2.45, 2.75) is 13.8 Å². The second-order valence-electron chi connectivity index (χ2n) is 6.12. The summed E-state index contributed by atoms with van der Waals surface area (Å²) in [5, 5.41) is 0. The van der Waals surface area contributed by atoms with Crippen LogP contribution in [0.2, 0.25) is 0 Å². The Morgan fingerprint density at radius 1 is 0.792 bits per heavy atom. The molecular formula is C21H19N3. The normalized spacial score (nSPS) is 11.1. The van der Waals surface area contributed by atoms with Crippen LogP contribution in [0.5, 0.6) is 0 Å². The van der Waals surface area contributed by atoms with Gasteiger partial charge in [-0.15, -0.1) is 0 Å². The molecule has 0 amide bonds. The van der Waals surface area contributed by atoms with Gasteiger partial charge in [0.15, 0.2) is 0 Å². The average Bonchev–Trinajstić information content (AvgIpc) is 2.95. The van der Waals surface area contributed by atoms with Crippen molar-refractivity contribution in [1.82, 2.24) is 9.55 Å². The molecule has 1 aromatic heterocycles. The van der Waals surface area contributed by atoms with Crippen molar-refractivity contribution in [1.29, 1.82) is 0 Å². The van der Waals surface area contributed by atoms with E-state index in [2.05, 4.69) is 54.8 Å². The Kier molecular flexibility index (Phi) is 3.35. The first-order chi connectivity index (χ1) is 11.6. The van der Waals surface area contributed by atoms with Gasteiger partial charge in [0, 0.05) is 11.3 Å². The molecule has 0 unspecified atom stereocenters. The minimum atomic E-state index is 0.758. The predicted octanol–water partition coefficient (Wildman–Crippen LogP) is 4.89. The summed E-state index contributed by atoms with van der Waals surface area (Å²) in [4.78, 5) is 4.89. The average molecular weight is 313 g/mol. The Labute approximate surface area is 141 Å². The molecule has 0 atom stereocenters. The first kappa shape index (κ1) is 14.5. The van der Waals surface area contributed by atoms with E-state index < -0.39 is 0 Å². The molecule has 3 aromatic carbocycles. The molecule has 0 aliphatic rings. The maximum atomic E-state index is 5.85. The largest absolute Gasteiger partial charge is 0.399 e. The number of hydrogen-bond donors (Lipinski definition) is 1. The minimum absolute atomic E-state index is 0.758. The van der Waals surface area contributed by atoms with Crippen molar-refractivity contribution in [2.75, 3.05) is 5.73 Å². The van der Waals surface area contributed by atoms with Crippen molar-refractivity contribution in [2.24, 2.45) is 0 Å². The van der Waals surface area contributed by atoms with Gasteiger partial charge in [-0.1, -0.05) is 30.3 Å². The lowest BCUT2D eigenvalue weighted by molar-refractivity contribution is 1.06. The van der Waals surface area contributed by atoms with Gasteiger partial charge in [-0.3, -0.25) is 4.57 Å². The van der Waals surface area contributed by atoms with Gasteiger partial charge in [-0.05, 0) is 61.4 Å². The molecule has 24 heavy (non-hydrogen) atoms. The van der Waals surface area contributed by atoms with Crippen molar-refractivity contribution in [3.63, 3.8) is 0 Å². The third-order valence-corrected chi connectivity index (χ3v) is 4.39. The van der Waals surface area contributed by atoms with E-state index in [1.165, 1.54) is 16.8 Å². The zero-order chi connectivity index (χ0) is 16.7. The van der Waals surface area contributed by atoms with E-state index in [0.717, 1.165) is 28.1 Å². The van der Waals surface area contributed by atoms with Crippen LogP contribution in [-0.2, 0) is 0 Å². The van der Waals surface area contributed by atoms with Gasteiger partial charge in [0.05, 0.1) is 16.7 Å². The number of anilines is 1. The fourth-order valence-electron chi connectivity index (χ4n) is 3.24. The van der Waals surface area contributed by atoms with Gasteiger partial charge in [0.1, 0.15) is 5.82 Å². The number of benzene rings is 3. The molecular weight excluding hydrogens is 294 g/mol. The zero-order valence-electron chi connectivity index (χ0n) is 13.8. The summed E-state index contributed by atoms with van der Waals surface area (Å²) in [7, 11) is 0. The lowest BCUT2D eigenvalue weighted by atomic mass is 10.1. The smallest absolute Gasteiger partial charge is 0.145 e. The Morgan fingerprint density at radius 3 is 2.17 bits per heavy atom. The van der Waals surface area contributed by atoms with Crippen LogP contribution in [0.15, 0.2) is 66.7 Å². The third-order valence-electron chi connectivity index (χ3n) is 4.39. The van der Waals surface area contributed by atoms with Gasteiger partial charge >= 0.3 is 0 Å². The number of nitrogen functional groups attached to an aromatic ring is 1. The molecule has 3 nitrogen and oxygen atoms in total. The van der Waals surface area contributed by atoms with E-state index in [-0.39, 0.29) is 0 Å². The molecule has 118 valence electrons. The maximum absolute atomic E-state index is 5.85. The first-order valence-electron chi connectivity index (χ1n) is 8.05. The molecule has 4 aromatic rings. The lowest BCUT2D eigenvalue weighted by Crippen LogP contribution is -2.02. The number of fused-ring (bicyclic) bond motifs is 1. The van der Waals surface area contributed by atoms with E-state index in [1.807, 2.05) is 30.3 Å². The SMILES string of the molecule is Cc1cccc(C)c1-n1c(-c2ccc(N)cc2)nc2ccccc21. The molecule has 4 rings (SSSR count). The number of aromatic nitrogens is 2. The summed E-state index contributed by atoms with van der Waals surface area (Å²) in [6.07, 6.45) is 0. The standard InChI is InChI=1S/C21H19N3/c1-14-6-5-7-15(2)20(14)24-19-9-4-3-8-18(19)23-21(24)16-10-12-17(22)13-11-16/h3-13H,22H2,1-2H3. The number of para-hydroxylation sites is 3. The van der Waals surface area contributed by atoms with E-state index in [0.29, 0.717) is 0 Å². The fraction of sp³-hybridized carbons (Fsp3) is 0.0952. The van der Waals surface area contributed by atoms with Crippen LogP contribution in [0.1, 0.15) is 11.1 Å². The quantitative estimate of drug-likeness (QED) is 0.535. The Hall–Kier alpha value is -3.07. The third kappa shape index (κ3) is 2.26. The van der Waals surface area contributed by atoms with Gasteiger partial charge in [-0.25, -0.2) is 4.98 Å². The number of imidazole rings is 1. The number of aryl methyl sites for hydroxylation is 2. The van der Waals surface area contributed by atoms with Crippen molar-refractivity contribution in [3.8, 4) is 17.1 Å². The van der Waals surface area contributed by atoms with Crippen LogP contribution in [-0.4, -0.2) is 9.55 Å². The second kappa shape index (κ2) is 5.53. The topological polar surface area (TPSA) is 43.8 Å². The van der Waals surface area contributed by atoms with Crippen LogP contribution in [0.4, 0.5) is 5.69 Å². The number of rotatable bonds is 2. The minimum Gasteiger partial charge on any atom is -0.399 e. The maximum Gasteiger partial charge on any atom is 0.145 e. The highest BCUT2D eigenvalue weighted by Gasteiger charge is 2.16. The molecule has 0 aliphatic carbocycles. The summed E-state index contributed by atoms with van der Waals surface area (Å²) < 4.78 is 2.26. The molecule has 0 radical (unpaired) electrons. The van der Waals surface area contributed by atoms with Crippen LogP contribution < -0.4 is 5.73 Å². The van der Waals surface area contributed by atoms with Gasteiger partial charge in [0.25, 0.3) is 0 Å². The van der Waals surface area contributed by atoms with E-state index in [1.54, 1.807) is 0 Å². The number of hydrogen-bond acceptors (Lipinski definition) is 2. The molecule has 2 N–H and O–H groups in total. The molecule has 0 saturated carbocycles. The van der Waals surface area contributed by atoms with Crippen LogP contribution >= 0.6 is 0 Å². The van der Waals surface area contributed by atoms with Crippen molar-refractivity contribution >= 4 is 16.7 Å². The first-order valence-corrected chi connectivity index (χ1v) is 8.05. The Morgan fingerprint density at radius 2 is 1.46 bits per heavy atom. The van der Waals surface area contributed by atoms with Gasteiger partial charge < -0.3 is 5.73 Å². The molecule has 0 spiro atoms. The zero-order valence-corrected chi connectivity index (χ0v) is 13.8. The summed E-state index contributed by atoms with van der Waals surface area (Å²) in [6.45, 7) is 4.29. The fourth-order valence-corrected chi connectivity index (χ4v) is 3.24. The highest BCUT2D eigenvalue weighted by Crippen LogP contribution is 2.31. The summed E-state index contributed by atoms with van der Waals surface area (Å²) in [5.41, 5.74) is 13.4. The van der Waals surface area contributed by atoms with Crippen LogP contribution in [0.25, 0.3) is 28.1 Å². The predicted molar refractivity (Wildman–Crippen MR) is 100 cm³/mol. The molecule has 0 aliphatic heterocycles. The molecule has 0 saturated heterocycles. The number of nitrogens with two attached hydrogens (primary N) is 1. The van der Waals surface area contributed by atoms with E-state index >= 15 is 0 Å². The van der Waals surface area contributed by atoms with Gasteiger partial charge in [0.2, 0.25) is 0 Å². The molecule has 3 heteroatoms. The number of nitrogens with zero attached hydrogens (tertiary/aromatic N) is 2. The Balaban J connectivity index is 2.10. The van der Waals surface area contributed by atoms with Crippen molar-refractivity contribution < 1.29 is 0 Å². The monoisotopic (exact) mass is 313 g/mol. The van der Waals surface area contributed by atoms with Crippen molar-refractivity contribution in [3.05, 3.63) is 77.9 Å². The summed E-state index contributed by atoms with van der Waals surface area (Å²) >= 11 is 0. The van der Waals surface area contributed by atoms with Crippen LogP contribution in [0, 0.1) is 13.8 Å². The molecule has 1 heterocycles. The summed E-state index contributed by atoms with van der Waals surface area (Å²) in [5.74, 6) is 0.939. The summed E-state index contributed by atoms with van der Waals surface area (Å²) in [6, 6.07) is 22.5. The highest BCUT2D eigenvalue weighted by molar-refractivity contribution is 5.84. The lowest BCUT2D eigenvalue weighted by Gasteiger charge is -2.15. The molecule has 0 bridgehead atoms.